The first-order chi connectivity index (χ1) is 12.2. The standard InChI is InChI=1S/C24H26/c1-18-10-13-22(16-23(18)21-8-6-5-7-9-21)20-14-11-19(12-15-20)17-24(2,3)4/h5-16H,17H2,1-4H3/i17D2. The molecule has 0 fully saturated rings. The zero-order valence-electron chi connectivity index (χ0n) is 16.9. The largest absolute Gasteiger partial charge is 0.0622 e. The Hall–Kier alpha value is -2.34. The Morgan fingerprint density at radius 2 is 1.38 bits per heavy atom. The highest BCUT2D eigenvalue weighted by molar-refractivity contribution is 5.75. The lowest BCUT2D eigenvalue weighted by atomic mass is 9.87. The molecule has 24 heavy (non-hydrogen) atoms. The zero-order valence-corrected chi connectivity index (χ0v) is 14.9. The molecule has 0 unspecified atom stereocenters. The van der Waals surface area contributed by atoms with Gasteiger partial charge in [-0.3, -0.25) is 0 Å². The van der Waals surface area contributed by atoms with Gasteiger partial charge in [0, 0.05) is 2.74 Å². The molecule has 0 spiro atoms. The molecule has 0 heteroatoms. The minimum absolute atomic E-state index is 0.446. The van der Waals surface area contributed by atoms with Gasteiger partial charge in [-0.05, 0) is 58.2 Å². The van der Waals surface area contributed by atoms with Crippen LogP contribution in [0.1, 0.15) is 34.6 Å². The second-order valence-corrected chi connectivity index (χ2v) is 7.35. The van der Waals surface area contributed by atoms with E-state index in [0.29, 0.717) is 0 Å². The number of hydrogen-bond acceptors (Lipinski definition) is 0. The summed E-state index contributed by atoms with van der Waals surface area (Å²) in [6.07, 6.45) is -1.37. The van der Waals surface area contributed by atoms with Gasteiger partial charge in [0.05, 0.1) is 0 Å². The molecular formula is C24H26. The molecule has 0 aliphatic rings. The van der Waals surface area contributed by atoms with E-state index < -0.39 is 11.8 Å². The maximum Gasteiger partial charge on any atom is 0.0321 e. The van der Waals surface area contributed by atoms with E-state index in [1.54, 1.807) is 0 Å². The smallest absolute Gasteiger partial charge is 0.0321 e. The van der Waals surface area contributed by atoms with Crippen LogP contribution in [0.25, 0.3) is 22.3 Å². The summed E-state index contributed by atoms with van der Waals surface area (Å²) < 4.78 is 16.9. The normalized spacial score (nSPS) is 13.3. The molecule has 0 bridgehead atoms. The Morgan fingerprint density at radius 1 is 0.750 bits per heavy atom. The molecule has 0 atom stereocenters. The Kier molecular flexibility index (Phi) is 3.89. The van der Waals surface area contributed by atoms with Crippen molar-refractivity contribution in [1.82, 2.24) is 0 Å². The van der Waals surface area contributed by atoms with Crippen LogP contribution in [0.5, 0.6) is 0 Å². The molecule has 0 nitrogen and oxygen atoms in total. The van der Waals surface area contributed by atoms with Crippen LogP contribution in [0.2, 0.25) is 0 Å². The van der Waals surface area contributed by atoms with Crippen molar-refractivity contribution in [3.8, 4) is 22.3 Å². The van der Waals surface area contributed by atoms with Gasteiger partial charge in [-0.25, -0.2) is 0 Å². The van der Waals surface area contributed by atoms with Gasteiger partial charge in [0.1, 0.15) is 0 Å². The Balaban J connectivity index is 1.98. The number of rotatable bonds is 3. The average molecular weight is 316 g/mol. The van der Waals surface area contributed by atoms with Crippen LogP contribution in [0.15, 0.2) is 72.8 Å². The van der Waals surface area contributed by atoms with Gasteiger partial charge in [-0.15, -0.1) is 0 Å². The number of aryl methyl sites for hydroxylation is 1. The first-order valence-corrected chi connectivity index (χ1v) is 8.47. The summed E-state index contributed by atoms with van der Waals surface area (Å²) >= 11 is 0. The lowest BCUT2D eigenvalue weighted by Crippen LogP contribution is -2.08. The third-order valence-electron chi connectivity index (χ3n) is 4.06. The van der Waals surface area contributed by atoms with E-state index in [1.807, 2.05) is 51.1 Å². The van der Waals surface area contributed by atoms with Crippen LogP contribution < -0.4 is 0 Å². The highest BCUT2D eigenvalue weighted by Crippen LogP contribution is 2.30. The molecule has 0 N–H and O–H groups in total. The molecule has 3 aromatic rings. The monoisotopic (exact) mass is 316 g/mol. The van der Waals surface area contributed by atoms with Crippen LogP contribution in [0, 0.1) is 12.3 Å². The van der Waals surface area contributed by atoms with Crippen LogP contribution in [0.4, 0.5) is 0 Å². The number of hydrogen-bond donors (Lipinski definition) is 0. The summed E-state index contributed by atoms with van der Waals surface area (Å²) in [5.41, 5.74) is 6.24. The summed E-state index contributed by atoms with van der Waals surface area (Å²) in [5, 5.41) is 0. The van der Waals surface area contributed by atoms with Gasteiger partial charge in [-0.2, -0.15) is 0 Å². The lowest BCUT2D eigenvalue weighted by molar-refractivity contribution is 0.411. The van der Waals surface area contributed by atoms with Gasteiger partial charge in [0.15, 0.2) is 0 Å². The lowest BCUT2D eigenvalue weighted by Gasteiger charge is -2.18. The fourth-order valence-electron chi connectivity index (χ4n) is 2.91. The van der Waals surface area contributed by atoms with Gasteiger partial charge < -0.3 is 0 Å². The van der Waals surface area contributed by atoms with E-state index >= 15 is 0 Å². The molecule has 0 heterocycles. The van der Waals surface area contributed by atoms with Crippen molar-refractivity contribution in [1.29, 1.82) is 0 Å². The van der Waals surface area contributed by atoms with Crippen molar-refractivity contribution in [3.05, 3.63) is 83.9 Å². The predicted octanol–water partition coefficient (Wildman–Crippen LogP) is 6.92. The maximum atomic E-state index is 8.44. The van der Waals surface area contributed by atoms with E-state index in [9.17, 15) is 0 Å². The van der Waals surface area contributed by atoms with Crippen LogP contribution in [0.3, 0.4) is 0 Å². The Bertz CT molecular complexity index is 886. The third-order valence-corrected chi connectivity index (χ3v) is 4.06. The van der Waals surface area contributed by atoms with Crippen molar-refractivity contribution in [2.75, 3.05) is 0 Å². The number of benzene rings is 3. The van der Waals surface area contributed by atoms with Crippen molar-refractivity contribution in [2.24, 2.45) is 5.41 Å². The zero-order chi connectivity index (χ0) is 18.9. The van der Waals surface area contributed by atoms with Gasteiger partial charge in [0.25, 0.3) is 0 Å². The van der Waals surface area contributed by atoms with Crippen LogP contribution in [-0.4, -0.2) is 0 Å². The van der Waals surface area contributed by atoms with E-state index in [0.717, 1.165) is 16.7 Å². The molecule has 3 aromatic carbocycles. The van der Waals surface area contributed by atoms with Crippen molar-refractivity contribution >= 4 is 0 Å². The van der Waals surface area contributed by atoms with E-state index in [-0.39, 0.29) is 0 Å². The first kappa shape index (κ1) is 14.0. The minimum Gasteiger partial charge on any atom is -0.0622 e. The fraction of sp³-hybridized carbons (Fsp3) is 0.250. The molecule has 0 amide bonds. The molecule has 0 aromatic heterocycles. The van der Waals surface area contributed by atoms with Gasteiger partial charge in [-0.1, -0.05) is 87.5 Å². The van der Waals surface area contributed by atoms with E-state index in [2.05, 4.69) is 49.4 Å². The molecule has 0 aliphatic carbocycles. The second kappa shape index (κ2) is 6.65. The molecule has 3 rings (SSSR count). The second-order valence-electron chi connectivity index (χ2n) is 7.35. The maximum absolute atomic E-state index is 8.44. The van der Waals surface area contributed by atoms with E-state index in [4.69, 9.17) is 2.74 Å². The summed E-state index contributed by atoms with van der Waals surface area (Å²) in [7, 11) is 0. The van der Waals surface area contributed by atoms with Crippen molar-refractivity contribution in [3.63, 3.8) is 0 Å². The van der Waals surface area contributed by atoms with Crippen molar-refractivity contribution in [2.45, 2.75) is 34.1 Å². The Labute approximate surface area is 149 Å². The molecular weight excluding hydrogens is 288 g/mol. The fourth-order valence-corrected chi connectivity index (χ4v) is 2.91. The molecule has 0 saturated carbocycles. The highest BCUT2D eigenvalue weighted by atomic mass is 14.2. The minimum atomic E-state index is -1.37. The van der Waals surface area contributed by atoms with E-state index in [1.165, 1.54) is 16.7 Å². The Morgan fingerprint density at radius 3 is 2.00 bits per heavy atom. The topological polar surface area (TPSA) is 0 Å². The molecule has 0 aliphatic heterocycles. The van der Waals surface area contributed by atoms with Crippen LogP contribution >= 0.6 is 0 Å². The molecule has 0 radical (unpaired) electrons. The first-order valence-electron chi connectivity index (χ1n) is 9.47. The average Bonchev–Trinajstić information content (AvgIpc) is 2.62. The third kappa shape index (κ3) is 3.94. The quantitative estimate of drug-likeness (QED) is 0.492. The highest BCUT2D eigenvalue weighted by Gasteiger charge is 2.11. The van der Waals surface area contributed by atoms with Gasteiger partial charge in [0.2, 0.25) is 0 Å². The SMILES string of the molecule is [2H]C([2H])(c1ccc(-c2ccc(C)c(-c3ccccc3)c2)cc1)C(C)(C)C. The molecule has 0 saturated heterocycles. The summed E-state index contributed by atoms with van der Waals surface area (Å²) in [5.74, 6) is 0. The van der Waals surface area contributed by atoms with Crippen LogP contribution in [-0.2, 0) is 6.37 Å². The summed E-state index contributed by atoms with van der Waals surface area (Å²) in [6, 6.07) is 24.8. The predicted molar refractivity (Wildman–Crippen MR) is 105 cm³/mol. The van der Waals surface area contributed by atoms with Gasteiger partial charge >= 0.3 is 0 Å². The summed E-state index contributed by atoms with van der Waals surface area (Å²) in [4.78, 5) is 0. The summed E-state index contributed by atoms with van der Waals surface area (Å²) in [6.45, 7) is 7.94. The molecule has 122 valence electrons. The van der Waals surface area contributed by atoms with Crippen molar-refractivity contribution < 1.29 is 2.74 Å².